The van der Waals surface area contributed by atoms with E-state index in [1.807, 2.05) is 55.5 Å². The minimum absolute atomic E-state index is 0.0643. The van der Waals surface area contributed by atoms with Crippen LogP contribution < -0.4 is 4.74 Å². The minimum atomic E-state index is -0.906. The lowest BCUT2D eigenvalue weighted by Gasteiger charge is -2.23. The van der Waals surface area contributed by atoms with Crippen LogP contribution in [0.4, 0.5) is 0 Å². The molecule has 1 amide bonds. The highest BCUT2D eigenvalue weighted by Crippen LogP contribution is 2.24. The van der Waals surface area contributed by atoms with Crippen molar-refractivity contribution in [3.8, 4) is 5.75 Å². The molecule has 1 heterocycles. The highest BCUT2D eigenvalue weighted by Gasteiger charge is 2.36. The zero-order valence-electron chi connectivity index (χ0n) is 16.8. The van der Waals surface area contributed by atoms with Crippen molar-refractivity contribution in [2.75, 3.05) is 13.7 Å². The molecule has 0 saturated carbocycles. The maximum absolute atomic E-state index is 12.8. The average molecular weight is 397 g/mol. The molecule has 1 N–H and O–H groups in total. The van der Waals surface area contributed by atoms with Crippen molar-refractivity contribution in [3.63, 3.8) is 0 Å². The summed E-state index contributed by atoms with van der Waals surface area (Å²) in [5.74, 6) is -0.292. The van der Waals surface area contributed by atoms with E-state index in [9.17, 15) is 9.59 Å². The maximum Gasteiger partial charge on any atom is 0.305 e. The predicted molar refractivity (Wildman–Crippen MR) is 109 cm³/mol. The zero-order valence-corrected chi connectivity index (χ0v) is 16.8. The third-order valence-electron chi connectivity index (χ3n) is 5.35. The van der Waals surface area contributed by atoms with Gasteiger partial charge in [0.15, 0.2) is 0 Å². The Hall–Kier alpha value is -2.86. The van der Waals surface area contributed by atoms with Crippen molar-refractivity contribution in [1.29, 1.82) is 0 Å². The number of nitrogens with zero attached hydrogens (tertiary/aromatic N) is 1. The first kappa shape index (κ1) is 20.9. The van der Waals surface area contributed by atoms with Crippen molar-refractivity contribution in [2.24, 2.45) is 0 Å². The van der Waals surface area contributed by atoms with Crippen molar-refractivity contribution in [3.05, 3.63) is 65.2 Å². The molecule has 6 heteroatoms. The molecule has 29 heavy (non-hydrogen) atoms. The van der Waals surface area contributed by atoms with Crippen LogP contribution in [-0.2, 0) is 27.4 Å². The third kappa shape index (κ3) is 5.57. The summed E-state index contributed by atoms with van der Waals surface area (Å²) in [7, 11) is 1.59. The summed E-state index contributed by atoms with van der Waals surface area (Å²) in [6.45, 7) is 2.94. The summed E-state index contributed by atoms with van der Waals surface area (Å²) in [4.78, 5) is 25.6. The van der Waals surface area contributed by atoms with Crippen molar-refractivity contribution in [2.45, 2.75) is 44.9 Å². The molecule has 2 atom stereocenters. The maximum atomic E-state index is 12.8. The Balaban J connectivity index is 1.63. The number of ether oxygens (including phenoxy) is 2. The molecule has 1 fully saturated rings. The highest BCUT2D eigenvalue weighted by molar-refractivity contribution is 5.80. The lowest BCUT2D eigenvalue weighted by atomic mass is 10.1. The Morgan fingerprint density at radius 3 is 2.69 bits per heavy atom. The molecule has 6 nitrogen and oxygen atoms in total. The number of hydrogen-bond acceptors (Lipinski definition) is 4. The van der Waals surface area contributed by atoms with Gasteiger partial charge in [0.05, 0.1) is 18.9 Å². The second-order valence-electron chi connectivity index (χ2n) is 7.43. The van der Waals surface area contributed by atoms with Gasteiger partial charge < -0.3 is 19.5 Å². The number of aryl methyl sites for hydroxylation is 1. The summed E-state index contributed by atoms with van der Waals surface area (Å²) >= 11 is 0. The van der Waals surface area contributed by atoms with Gasteiger partial charge in [-0.05, 0) is 42.2 Å². The molecule has 3 rings (SSSR count). The molecule has 1 saturated heterocycles. The SMILES string of the molecule is COC1CC(CC(=O)O)N(C(=O)Cc2cccc(OCc3ccccc3C)c2)C1. The van der Waals surface area contributed by atoms with E-state index in [0.717, 1.165) is 11.1 Å². The first-order valence-corrected chi connectivity index (χ1v) is 9.76. The molecule has 0 aliphatic carbocycles. The first-order chi connectivity index (χ1) is 14.0. The number of carboxylic acid groups (broad SMARTS) is 1. The van der Waals surface area contributed by atoms with E-state index < -0.39 is 5.97 Å². The fourth-order valence-corrected chi connectivity index (χ4v) is 3.70. The molecule has 154 valence electrons. The lowest BCUT2D eigenvalue weighted by molar-refractivity contribution is -0.139. The number of carboxylic acids is 1. The molecule has 1 aliphatic rings. The van der Waals surface area contributed by atoms with E-state index in [1.165, 1.54) is 5.56 Å². The predicted octanol–water partition coefficient (Wildman–Crippen LogP) is 3.21. The van der Waals surface area contributed by atoms with E-state index in [2.05, 4.69) is 0 Å². The van der Waals surface area contributed by atoms with Crippen LogP contribution >= 0.6 is 0 Å². The fourth-order valence-electron chi connectivity index (χ4n) is 3.70. The number of rotatable bonds is 8. The third-order valence-corrected chi connectivity index (χ3v) is 5.35. The lowest BCUT2D eigenvalue weighted by Crippen LogP contribution is -2.38. The minimum Gasteiger partial charge on any atom is -0.489 e. The van der Waals surface area contributed by atoms with Gasteiger partial charge in [-0.15, -0.1) is 0 Å². The van der Waals surface area contributed by atoms with Crippen LogP contribution in [-0.4, -0.2) is 47.7 Å². The normalized spacial score (nSPS) is 18.6. The number of hydrogen-bond donors (Lipinski definition) is 1. The summed E-state index contributed by atoms with van der Waals surface area (Å²) in [6.07, 6.45) is 0.569. The van der Waals surface area contributed by atoms with Gasteiger partial charge in [0, 0.05) is 19.7 Å². The van der Waals surface area contributed by atoms with E-state index in [-0.39, 0.29) is 30.9 Å². The molecule has 0 aromatic heterocycles. The van der Waals surface area contributed by atoms with Crippen molar-refractivity contribution in [1.82, 2.24) is 4.90 Å². The zero-order chi connectivity index (χ0) is 20.8. The van der Waals surface area contributed by atoms with Crippen molar-refractivity contribution < 1.29 is 24.2 Å². The molecular formula is C23H27NO5. The van der Waals surface area contributed by atoms with Crippen LogP contribution in [0.25, 0.3) is 0 Å². The summed E-state index contributed by atoms with van der Waals surface area (Å²) in [6, 6.07) is 15.2. The molecule has 1 aliphatic heterocycles. The first-order valence-electron chi connectivity index (χ1n) is 9.76. The van der Waals surface area contributed by atoms with Crippen LogP contribution in [0.2, 0.25) is 0 Å². The summed E-state index contributed by atoms with van der Waals surface area (Å²) < 4.78 is 11.3. The van der Waals surface area contributed by atoms with Crippen LogP contribution in [0, 0.1) is 6.92 Å². The molecule has 2 aromatic rings. The van der Waals surface area contributed by atoms with Crippen LogP contribution in [0.1, 0.15) is 29.5 Å². The van der Waals surface area contributed by atoms with E-state index in [1.54, 1.807) is 12.0 Å². The van der Waals surface area contributed by atoms with E-state index in [4.69, 9.17) is 14.6 Å². The van der Waals surface area contributed by atoms with E-state index >= 15 is 0 Å². The number of amides is 1. The standard InChI is InChI=1S/C23H27NO5/c1-16-6-3-4-8-18(16)15-29-20-9-5-7-17(10-20)11-22(25)24-14-21(28-2)12-19(24)13-23(26)27/h3-10,19,21H,11-15H2,1-2H3,(H,26,27). The Morgan fingerprint density at radius 1 is 1.17 bits per heavy atom. The number of carbonyl (C=O) groups excluding carboxylic acids is 1. The molecule has 0 bridgehead atoms. The number of likely N-dealkylation sites (tertiary alicyclic amines) is 1. The molecule has 0 spiro atoms. The van der Waals surface area contributed by atoms with Gasteiger partial charge in [0.2, 0.25) is 5.91 Å². The van der Waals surface area contributed by atoms with Crippen LogP contribution in [0.15, 0.2) is 48.5 Å². The van der Waals surface area contributed by atoms with Gasteiger partial charge in [0.1, 0.15) is 12.4 Å². The Kier molecular flexibility index (Phi) is 6.88. The Labute approximate surface area is 171 Å². The quantitative estimate of drug-likeness (QED) is 0.740. The largest absolute Gasteiger partial charge is 0.489 e. The highest BCUT2D eigenvalue weighted by atomic mass is 16.5. The average Bonchev–Trinajstić information content (AvgIpc) is 3.10. The van der Waals surface area contributed by atoms with Crippen molar-refractivity contribution >= 4 is 11.9 Å². The summed E-state index contributed by atoms with van der Waals surface area (Å²) in [5, 5.41) is 9.14. The number of methoxy groups -OCH3 is 1. The topological polar surface area (TPSA) is 76.1 Å². The number of aliphatic carboxylic acids is 1. The van der Waals surface area contributed by atoms with Gasteiger partial charge in [-0.25, -0.2) is 0 Å². The molecule has 2 unspecified atom stereocenters. The Bertz CT molecular complexity index is 866. The van der Waals surface area contributed by atoms with Gasteiger partial charge in [-0.2, -0.15) is 0 Å². The monoisotopic (exact) mass is 397 g/mol. The van der Waals surface area contributed by atoms with Gasteiger partial charge >= 0.3 is 5.97 Å². The van der Waals surface area contributed by atoms with Gasteiger partial charge in [-0.3, -0.25) is 9.59 Å². The fraction of sp³-hybridized carbons (Fsp3) is 0.391. The van der Waals surface area contributed by atoms with Gasteiger partial charge in [0.25, 0.3) is 0 Å². The summed E-state index contributed by atoms with van der Waals surface area (Å²) in [5.41, 5.74) is 3.13. The van der Waals surface area contributed by atoms with E-state index in [0.29, 0.717) is 25.3 Å². The van der Waals surface area contributed by atoms with Crippen LogP contribution in [0.3, 0.4) is 0 Å². The second kappa shape index (κ2) is 9.56. The van der Waals surface area contributed by atoms with Gasteiger partial charge in [-0.1, -0.05) is 36.4 Å². The Morgan fingerprint density at radius 2 is 1.97 bits per heavy atom. The number of carbonyl (C=O) groups is 2. The molecule has 0 radical (unpaired) electrons. The molecular weight excluding hydrogens is 370 g/mol. The van der Waals surface area contributed by atoms with Crippen LogP contribution in [0.5, 0.6) is 5.75 Å². The molecule has 2 aromatic carbocycles. The second-order valence-corrected chi connectivity index (χ2v) is 7.43. The number of benzene rings is 2. The smallest absolute Gasteiger partial charge is 0.305 e.